The summed E-state index contributed by atoms with van der Waals surface area (Å²) in [7, 11) is 4.06. The van der Waals surface area contributed by atoms with E-state index >= 15 is 0 Å². The van der Waals surface area contributed by atoms with Crippen molar-refractivity contribution in [2.24, 2.45) is 0 Å². The lowest BCUT2D eigenvalue weighted by molar-refractivity contribution is 0.359. The molecule has 1 heterocycles. The molecule has 0 saturated carbocycles. The average molecular weight is 506 g/mol. The first kappa shape index (κ1) is 14.9. The molecule has 1 aromatic heterocycles. The first-order valence-electron chi connectivity index (χ1n) is 5.13. The maximum absolute atomic E-state index is 4.50. The van der Waals surface area contributed by atoms with Crippen LogP contribution in [0.25, 0.3) is 11.0 Å². The van der Waals surface area contributed by atoms with Crippen LogP contribution in [0, 0.1) is 0 Å². The largest absolute Gasteiger partial charge is 0.307 e. The second kappa shape index (κ2) is 5.87. The van der Waals surface area contributed by atoms with Crippen LogP contribution >= 0.6 is 63.7 Å². The van der Waals surface area contributed by atoms with Crippen molar-refractivity contribution < 1.29 is 0 Å². The highest BCUT2D eigenvalue weighted by atomic mass is 79.9. The van der Waals surface area contributed by atoms with E-state index in [9.17, 15) is 0 Å². The number of halogens is 4. The summed E-state index contributed by atoms with van der Waals surface area (Å²) in [6.45, 7) is 1.66. The van der Waals surface area contributed by atoms with Crippen molar-refractivity contribution in [1.82, 2.24) is 19.9 Å². The van der Waals surface area contributed by atoms with Crippen LogP contribution in [0.3, 0.4) is 0 Å². The van der Waals surface area contributed by atoms with Crippen molar-refractivity contribution in [3.05, 3.63) is 17.9 Å². The maximum atomic E-state index is 4.50. The molecule has 0 aliphatic heterocycles. The molecule has 4 nitrogen and oxygen atoms in total. The highest BCUT2D eigenvalue weighted by Gasteiger charge is 2.17. The molecule has 0 aliphatic carbocycles. The fraction of sp³-hybridized carbons (Fsp3) is 0.400. The molecule has 2 aromatic rings. The van der Waals surface area contributed by atoms with Crippen molar-refractivity contribution in [3.8, 4) is 0 Å². The zero-order valence-corrected chi connectivity index (χ0v) is 16.1. The van der Waals surface area contributed by atoms with E-state index in [2.05, 4.69) is 78.8 Å². The van der Waals surface area contributed by atoms with E-state index < -0.39 is 0 Å². The topological polar surface area (TPSA) is 34.0 Å². The first-order valence-corrected chi connectivity index (χ1v) is 8.30. The molecule has 0 aliphatic rings. The van der Waals surface area contributed by atoms with Crippen LogP contribution in [0.4, 0.5) is 0 Å². The van der Waals surface area contributed by atoms with Gasteiger partial charge in [0.2, 0.25) is 0 Å². The zero-order chi connectivity index (χ0) is 13.4. The minimum absolute atomic E-state index is 0.760. The number of fused-ring (bicyclic) bond motifs is 1. The number of nitrogens with zero attached hydrogens (tertiary/aromatic N) is 4. The van der Waals surface area contributed by atoms with Crippen LogP contribution in [0.2, 0.25) is 0 Å². The van der Waals surface area contributed by atoms with Crippen LogP contribution in [-0.4, -0.2) is 40.5 Å². The van der Waals surface area contributed by atoms with E-state index in [0.29, 0.717) is 0 Å². The highest BCUT2D eigenvalue weighted by Crippen LogP contribution is 2.41. The van der Waals surface area contributed by atoms with Gasteiger partial charge in [-0.3, -0.25) is 0 Å². The Bertz CT molecular complexity index is 548. The molecule has 0 fully saturated rings. The third-order valence-electron chi connectivity index (χ3n) is 2.40. The highest BCUT2D eigenvalue weighted by molar-refractivity contribution is 9.15. The smallest absolute Gasteiger partial charge is 0.129 e. The number of benzene rings is 1. The van der Waals surface area contributed by atoms with Crippen LogP contribution in [0.15, 0.2) is 17.9 Å². The van der Waals surface area contributed by atoms with Gasteiger partial charge in [-0.25, -0.2) is 0 Å². The second-order valence-corrected chi connectivity index (χ2v) is 7.22. The van der Waals surface area contributed by atoms with Gasteiger partial charge in [0.1, 0.15) is 11.0 Å². The molecule has 8 heteroatoms. The SMILES string of the molecule is CN(C)CCn1nc2c(Br)c(Br)c(Br)c(Br)c2n1. The quantitative estimate of drug-likeness (QED) is 0.466. The summed E-state index contributed by atoms with van der Waals surface area (Å²) in [6, 6.07) is 0. The maximum Gasteiger partial charge on any atom is 0.129 e. The molecule has 1 aromatic carbocycles. The Morgan fingerprint density at radius 1 is 0.889 bits per heavy atom. The third kappa shape index (κ3) is 2.82. The molecular weight excluding hydrogens is 496 g/mol. The number of rotatable bonds is 3. The van der Waals surface area contributed by atoms with Crippen LogP contribution in [-0.2, 0) is 6.54 Å². The Labute approximate surface area is 139 Å². The molecule has 2 rings (SSSR count). The van der Waals surface area contributed by atoms with E-state index in [4.69, 9.17) is 0 Å². The number of aromatic nitrogens is 3. The fourth-order valence-corrected chi connectivity index (χ4v) is 3.67. The van der Waals surface area contributed by atoms with Crippen molar-refractivity contribution >= 4 is 74.8 Å². The molecule has 0 atom stereocenters. The number of likely N-dealkylation sites (N-methyl/N-ethyl adjacent to an activating group) is 1. The van der Waals surface area contributed by atoms with Gasteiger partial charge in [-0.05, 0) is 77.8 Å². The molecule has 0 unspecified atom stereocenters. The minimum Gasteiger partial charge on any atom is -0.307 e. The summed E-state index contributed by atoms with van der Waals surface area (Å²) < 4.78 is 3.68. The summed E-state index contributed by atoms with van der Waals surface area (Å²) in [5, 5.41) is 9.00. The lowest BCUT2D eigenvalue weighted by atomic mass is 10.3. The molecule has 0 saturated heterocycles. The summed E-state index contributed by atoms with van der Waals surface area (Å²) in [5.74, 6) is 0. The molecule has 18 heavy (non-hydrogen) atoms. The van der Waals surface area contributed by atoms with Gasteiger partial charge in [-0.15, -0.1) is 0 Å². The summed E-state index contributed by atoms with van der Waals surface area (Å²) >= 11 is 14.1. The third-order valence-corrected chi connectivity index (χ3v) is 7.12. The monoisotopic (exact) mass is 502 g/mol. The number of hydrogen-bond donors (Lipinski definition) is 0. The van der Waals surface area contributed by atoms with Gasteiger partial charge >= 0.3 is 0 Å². The molecule has 0 amide bonds. The summed E-state index contributed by atoms with van der Waals surface area (Å²) in [6.07, 6.45) is 0. The van der Waals surface area contributed by atoms with Gasteiger partial charge in [0, 0.05) is 15.5 Å². The van der Waals surface area contributed by atoms with E-state index in [0.717, 1.165) is 42.0 Å². The van der Waals surface area contributed by atoms with Crippen molar-refractivity contribution in [1.29, 1.82) is 0 Å². The van der Waals surface area contributed by atoms with Gasteiger partial charge in [0.25, 0.3) is 0 Å². The predicted octanol–water partition coefficient (Wildman–Crippen LogP) is 4.04. The van der Waals surface area contributed by atoms with E-state index in [1.165, 1.54) is 0 Å². The molecule has 98 valence electrons. The molecular formula is C10H10Br4N4. The Kier molecular flexibility index (Phi) is 4.86. The molecule has 0 N–H and O–H groups in total. The van der Waals surface area contributed by atoms with E-state index in [-0.39, 0.29) is 0 Å². The van der Waals surface area contributed by atoms with E-state index in [1.807, 2.05) is 14.1 Å². The Hall–Kier alpha value is 0.500. The molecule has 0 spiro atoms. The van der Waals surface area contributed by atoms with Gasteiger partial charge in [0.05, 0.1) is 15.5 Å². The Morgan fingerprint density at radius 3 is 1.72 bits per heavy atom. The standard InChI is InChI=1S/C10H10Br4N4/c1-17(2)3-4-18-15-9-7(13)5(11)6(12)8(14)10(9)16-18/h3-4H2,1-2H3. The lowest BCUT2D eigenvalue weighted by Crippen LogP contribution is -2.19. The van der Waals surface area contributed by atoms with Gasteiger partial charge < -0.3 is 4.90 Å². The van der Waals surface area contributed by atoms with Crippen LogP contribution in [0.1, 0.15) is 0 Å². The van der Waals surface area contributed by atoms with Crippen molar-refractivity contribution in [2.45, 2.75) is 6.54 Å². The van der Waals surface area contributed by atoms with Crippen molar-refractivity contribution in [3.63, 3.8) is 0 Å². The average Bonchev–Trinajstić information content (AvgIpc) is 2.75. The first-order chi connectivity index (χ1) is 8.41. The fourth-order valence-electron chi connectivity index (χ4n) is 1.43. The normalized spacial score (nSPS) is 11.7. The van der Waals surface area contributed by atoms with E-state index in [1.54, 1.807) is 4.80 Å². The van der Waals surface area contributed by atoms with Gasteiger partial charge in [-0.2, -0.15) is 15.0 Å². The minimum atomic E-state index is 0.760. The Balaban J connectivity index is 2.51. The zero-order valence-electron chi connectivity index (χ0n) is 9.71. The summed E-state index contributed by atoms with van der Waals surface area (Å²) in [5.41, 5.74) is 1.69. The predicted molar refractivity (Wildman–Crippen MR) is 86.9 cm³/mol. The van der Waals surface area contributed by atoms with Crippen molar-refractivity contribution in [2.75, 3.05) is 20.6 Å². The number of hydrogen-bond acceptors (Lipinski definition) is 3. The van der Waals surface area contributed by atoms with Crippen LogP contribution < -0.4 is 0 Å². The summed E-state index contributed by atoms with van der Waals surface area (Å²) in [4.78, 5) is 3.82. The molecule has 0 bridgehead atoms. The molecule has 0 radical (unpaired) electrons. The Morgan fingerprint density at radius 2 is 1.33 bits per heavy atom. The lowest BCUT2D eigenvalue weighted by Gasteiger charge is -2.07. The van der Waals surface area contributed by atoms with Crippen LogP contribution in [0.5, 0.6) is 0 Å². The van der Waals surface area contributed by atoms with Gasteiger partial charge in [0.15, 0.2) is 0 Å². The second-order valence-electron chi connectivity index (χ2n) is 4.05. The van der Waals surface area contributed by atoms with Gasteiger partial charge in [-0.1, -0.05) is 0 Å².